The molecule has 1 saturated heterocycles. The third kappa shape index (κ3) is 3.96. The van der Waals surface area contributed by atoms with Crippen LogP contribution in [0.3, 0.4) is 0 Å². The molecule has 5 heteroatoms. The number of aliphatic hydroxyl groups excluding tert-OH is 4. The molecule has 1 aliphatic carbocycles. The van der Waals surface area contributed by atoms with Crippen LogP contribution in [0.25, 0.3) is 0 Å². The summed E-state index contributed by atoms with van der Waals surface area (Å²) >= 11 is 0. The maximum Gasteiger partial charge on any atom is 0.109 e. The SMILES string of the molecule is CC(C)[C@H]1CC[C@@H](CN2C[C@H](O)[C@@H](O)[C@H](O)[C@H]2CO)CC1. The van der Waals surface area contributed by atoms with E-state index in [0.29, 0.717) is 12.5 Å². The van der Waals surface area contributed by atoms with Crippen LogP contribution in [0.2, 0.25) is 0 Å². The minimum Gasteiger partial charge on any atom is -0.395 e. The molecule has 0 aromatic heterocycles. The molecule has 4 N–H and O–H groups in total. The lowest BCUT2D eigenvalue weighted by atomic mass is 9.76. The Labute approximate surface area is 127 Å². The number of hydrogen-bond acceptors (Lipinski definition) is 5. The molecule has 2 aliphatic rings. The van der Waals surface area contributed by atoms with E-state index >= 15 is 0 Å². The first-order valence-corrected chi connectivity index (χ1v) is 8.33. The van der Waals surface area contributed by atoms with Gasteiger partial charge in [-0.1, -0.05) is 13.8 Å². The third-order valence-corrected chi connectivity index (χ3v) is 5.54. The Morgan fingerprint density at radius 2 is 1.62 bits per heavy atom. The predicted octanol–water partition coefficient (Wildman–Crippen LogP) is 0.208. The van der Waals surface area contributed by atoms with Gasteiger partial charge in [0.15, 0.2) is 0 Å². The zero-order valence-electron chi connectivity index (χ0n) is 13.2. The maximum atomic E-state index is 10.0. The van der Waals surface area contributed by atoms with Crippen molar-refractivity contribution in [2.75, 3.05) is 19.7 Å². The van der Waals surface area contributed by atoms with E-state index in [1.165, 1.54) is 25.7 Å². The fourth-order valence-electron chi connectivity index (χ4n) is 3.96. The zero-order valence-corrected chi connectivity index (χ0v) is 13.2. The van der Waals surface area contributed by atoms with Crippen molar-refractivity contribution in [1.82, 2.24) is 4.90 Å². The average molecular weight is 301 g/mol. The number of rotatable bonds is 4. The van der Waals surface area contributed by atoms with Crippen molar-refractivity contribution in [3.63, 3.8) is 0 Å². The van der Waals surface area contributed by atoms with Gasteiger partial charge in [0.2, 0.25) is 0 Å². The normalized spacial score (nSPS) is 42.4. The lowest BCUT2D eigenvalue weighted by Gasteiger charge is -2.45. The van der Waals surface area contributed by atoms with Gasteiger partial charge in [-0.2, -0.15) is 0 Å². The summed E-state index contributed by atoms with van der Waals surface area (Å²) in [5.41, 5.74) is 0. The van der Waals surface area contributed by atoms with Gasteiger partial charge in [-0.25, -0.2) is 0 Å². The Balaban J connectivity index is 1.89. The Bertz CT molecular complexity index is 317. The van der Waals surface area contributed by atoms with E-state index in [-0.39, 0.29) is 6.61 Å². The molecule has 4 atom stereocenters. The van der Waals surface area contributed by atoms with Crippen LogP contribution in [-0.4, -0.2) is 69.4 Å². The Hall–Kier alpha value is -0.200. The van der Waals surface area contributed by atoms with Gasteiger partial charge in [0, 0.05) is 13.1 Å². The largest absolute Gasteiger partial charge is 0.395 e. The molecule has 5 nitrogen and oxygen atoms in total. The highest BCUT2D eigenvalue weighted by Gasteiger charge is 2.41. The standard InChI is InChI=1S/C16H31NO4/c1-10(2)12-5-3-11(4-6-12)7-17-8-14(19)16(21)15(20)13(17)9-18/h10-16,18-21H,3-9H2,1-2H3/t11-,12+,13-,14+,15-,16-/m1/s1. The quantitative estimate of drug-likeness (QED) is 0.596. The lowest BCUT2D eigenvalue weighted by Crippen LogP contribution is -2.63. The van der Waals surface area contributed by atoms with Crippen molar-refractivity contribution in [3.8, 4) is 0 Å². The van der Waals surface area contributed by atoms with Crippen LogP contribution in [0, 0.1) is 17.8 Å². The Kier molecular flexibility index (Phi) is 6.03. The molecule has 0 aromatic carbocycles. The summed E-state index contributed by atoms with van der Waals surface area (Å²) in [4.78, 5) is 1.96. The first-order chi connectivity index (χ1) is 9.93. The highest BCUT2D eigenvalue weighted by atomic mass is 16.4. The van der Waals surface area contributed by atoms with Crippen molar-refractivity contribution in [3.05, 3.63) is 0 Å². The highest BCUT2D eigenvalue weighted by Crippen LogP contribution is 2.34. The van der Waals surface area contributed by atoms with E-state index in [4.69, 9.17) is 0 Å². The number of nitrogens with zero attached hydrogens (tertiary/aromatic N) is 1. The second kappa shape index (κ2) is 7.38. The summed E-state index contributed by atoms with van der Waals surface area (Å²) < 4.78 is 0. The highest BCUT2D eigenvalue weighted by molar-refractivity contribution is 4.95. The molecule has 2 rings (SSSR count). The van der Waals surface area contributed by atoms with Crippen LogP contribution in [0.5, 0.6) is 0 Å². The molecule has 1 aliphatic heterocycles. The molecular weight excluding hydrogens is 270 g/mol. The number of piperidine rings is 1. The van der Waals surface area contributed by atoms with Gasteiger partial charge in [0.05, 0.1) is 18.8 Å². The molecule has 1 heterocycles. The van der Waals surface area contributed by atoms with Gasteiger partial charge < -0.3 is 20.4 Å². The summed E-state index contributed by atoms with van der Waals surface area (Å²) in [6.45, 7) is 5.49. The summed E-state index contributed by atoms with van der Waals surface area (Å²) in [6, 6.07) is -0.466. The monoisotopic (exact) mass is 301 g/mol. The number of hydrogen-bond donors (Lipinski definition) is 4. The van der Waals surface area contributed by atoms with Gasteiger partial charge in [-0.3, -0.25) is 4.90 Å². The van der Waals surface area contributed by atoms with Gasteiger partial charge in [-0.05, 0) is 43.4 Å². The zero-order chi connectivity index (χ0) is 15.6. The lowest BCUT2D eigenvalue weighted by molar-refractivity contribution is -0.148. The molecule has 0 radical (unpaired) electrons. The first-order valence-electron chi connectivity index (χ1n) is 8.33. The van der Waals surface area contributed by atoms with E-state index in [0.717, 1.165) is 18.4 Å². The minimum atomic E-state index is -1.16. The van der Waals surface area contributed by atoms with E-state index < -0.39 is 24.4 Å². The van der Waals surface area contributed by atoms with Crippen LogP contribution in [0.15, 0.2) is 0 Å². The number of likely N-dealkylation sites (tertiary alicyclic amines) is 1. The molecular formula is C16H31NO4. The minimum absolute atomic E-state index is 0.188. The fraction of sp³-hybridized carbons (Fsp3) is 1.00. The van der Waals surface area contributed by atoms with E-state index in [2.05, 4.69) is 13.8 Å². The molecule has 2 fully saturated rings. The molecule has 0 amide bonds. The van der Waals surface area contributed by atoms with Gasteiger partial charge >= 0.3 is 0 Å². The van der Waals surface area contributed by atoms with Crippen LogP contribution >= 0.6 is 0 Å². The van der Waals surface area contributed by atoms with Crippen molar-refractivity contribution in [1.29, 1.82) is 0 Å². The van der Waals surface area contributed by atoms with Gasteiger partial charge in [0.1, 0.15) is 12.2 Å². The first kappa shape index (κ1) is 17.2. The molecule has 0 bridgehead atoms. The predicted molar refractivity (Wildman–Crippen MR) is 80.8 cm³/mol. The van der Waals surface area contributed by atoms with Gasteiger partial charge in [-0.15, -0.1) is 0 Å². The van der Waals surface area contributed by atoms with Gasteiger partial charge in [0.25, 0.3) is 0 Å². The third-order valence-electron chi connectivity index (χ3n) is 5.54. The molecule has 0 unspecified atom stereocenters. The molecule has 1 saturated carbocycles. The Morgan fingerprint density at radius 1 is 1.00 bits per heavy atom. The van der Waals surface area contributed by atoms with E-state index in [9.17, 15) is 20.4 Å². The number of β-amino-alcohol motifs (C(OH)–C–C–N with tert-alkyl or cyclic N) is 1. The summed E-state index contributed by atoms with van der Waals surface area (Å²) in [6.07, 6.45) is 1.66. The molecule has 0 aromatic rings. The molecule has 124 valence electrons. The van der Waals surface area contributed by atoms with Crippen molar-refractivity contribution >= 4 is 0 Å². The topological polar surface area (TPSA) is 84.2 Å². The average Bonchev–Trinajstić information content (AvgIpc) is 2.46. The molecule has 0 spiro atoms. The Morgan fingerprint density at radius 3 is 2.14 bits per heavy atom. The fourth-order valence-corrected chi connectivity index (χ4v) is 3.96. The number of aliphatic hydroxyl groups is 4. The maximum absolute atomic E-state index is 10.0. The van der Waals surface area contributed by atoms with E-state index in [1.54, 1.807) is 0 Å². The van der Waals surface area contributed by atoms with E-state index in [1.807, 2.05) is 4.90 Å². The van der Waals surface area contributed by atoms with Crippen LogP contribution in [-0.2, 0) is 0 Å². The summed E-state index contributed by atoms with van der Waals surface area (Å²) in [7, 11) is 0. The summed E-state index contributed by atoms with van der Waals surface area (Å²) in [5.74, 6) is 2.11. The van der Waals surface area contributed by atoms with Crippen molar-refractivity contribution < 1.29 is 20.4 Å². The van der Waals surface area contributed by atoms with Crippen LogP contribution in [0.1, 0.15) is 39.5 Å². The van der Waals surface area contributed by atoms with Crippen LogP contribution < -0.4 is 0 Å². The van der Waals surface area contributed by atoms with Crippen molar-refractivity contribution in [2.24, 2.45) is 17.8 Å². The smallest absolute Gasteiger partial charge is 0.109 e. The summed E-state index contributed by atoms with van der Waals surface area (Å²) in [5, 5.41) is 39.1. The second-order valence-corrected chi connectivity index (χ2v) is 7.28. The van der Waals surface area contributed by atoms with Crippen molar-refractivity contribution in [2.45, 2.75) is 63.9 Å². The second-order valence-electron chi connectivity index (χ2n) is 7.28. The molecule has 21 heavy (non-hydrogen) atoms. The van der Waals surface area contributed by atoms with Crippen LogP contribution in [0.4, 0.5) is 0 Å².